The van der Waals surface area contributed by atoms with Crippen LogP contribution in [0.3, 0.4) is 0 Å². The summed E-state index contributed by atoms with van der Waals surface area (Å²) in [5, 5.41) is 21.0. The summed E-state index contributed by atoms with van der Waals surface area (Å²) in [6.07, 6.45) is 3.78. The highest BCUT2D eigenvalue weighted by Gasteiger charge is 2.63. The van der Waals surface area contributed by atoms with Gasteiger partial charge in [-0.1, -0.05) is 48.0 Å². The van der Waals surface area contributed by atoms with E-state index in [1.165, 1.54) is 6.92 Å². The molecule has 4 rings (SSSR count). The third-order valence-electron chi connectivity index (χ3n) is 5.59. The van der Waals surface area contributed by atoms with E-state index in [4.69, 9.17) is 11.6 Å². The molecule has 27 heavy (non-hydrogen) atoms. The number of nitrogens with zero attached hydrogens (tertiary/aromatic N) is 3. The van der Waals surface area contributed by atoms with E-state index in [2.05, 4.69) is 12.1 Å². The van der Waals surface area contributed by atoms with Crippen molar-refractivity contribution in [3.8, 4) is 12.1 Å². The molecule has 4 nitrogen and oxygen atoms in total. The molecule has 0 aliphatic carbocycles. The molecule has 2 aromatic rings. The van der Waals surface area contributed by atoms with Crippen LogP contribution < -0.4 is 0 Å². The van der Waals surface area contributed by atoms with Crippen LogP contribution in [-0.4, -0.2) is 16.7 Å². The maximum Gasteiger partial charge on any atom is 0.177 e. The van der Waals surface area contributed by atoms with Crippen molar-refractivity contribution in [1.82, 2.24) is 4.90 Å². The number of hydrogen-bond acceptors (Lipinski definition) is 4. The van der Waals surface area contributed by atoms with Gasteiger partial charge in [-0.25, -0.2) is 0 Å². The van der Waals surface area contributed by atoms with Gasteiger partial charge in [-0.2, -0.15) is 10.5 Å². The highest BCUT2D eigenvalue weighted by molar-refractivity contribution is 6.30. The standard InChI is InChI=1S/C22H16ClN3O/c1-14(27)20-19(16-6-8-17(23)9-7-16)22(12-24,13-25)21-18-5-3-2-4-15(18)10-11-26(20)21/h2-11,19-21H,1H3. The molecule has 2 aromatic carbocycles. The maximum atomic E-state index is 12.7. The molecule has 0 aromatic heterocycles. The predicted octanol–water partition coefficient (Wildman–Crippen LogP) is 4.46. The van der Waals surface area contributed by atoms with E-state index in [1.54, 1.807) is 24.3 Å². The summed E-state index contributed by atoms with van der Waals surface area (Å²) < 4.78 is 0. The van der Waals surface area contributed by atoms with Gasteiger partial charge in [-0.3, -0.25) is 4.79 Å². The summed E-state index contributed by atoms with van der Waals surface area (Å²) in [6.45, 7) is 1.52. The number of ketones is 1. The first-order chi connectivity index (χ1) is 13.0. The first-order valence-electron chi connectivity index (χ1n) is 8.66. The average Bonchev–Trinajstić information content (AvgIpc) is 3.00. The van der Waals surface area contributed by atoms with Crippen molar-refractivity contribution in [3.05, 3.63) is 76.4 Å². The largest absolute Gasteiger partial charge is 0.357 e. The van der Waals surface area contributed by atoms with Crippen molar-refractivity contribution in [2.24, 2.45) is 5.41 Å². The van der Waals surface area contributed by atoms with E-state index in [0.717, 1.165) is 16.7 Å². The van der Waals surface area contributed by atoms with Crippen molar-refractivity contribution in [1.29, 1.82) is 10.5 Å². The molecule has 0 radical (unpaired) electrons. The van der Waals surface area contributed by atoms with Gasteiger partial charge in [0, 0.05) is 17.1 Å². The summed E-state index contributed by atoms with van der Waals surface area (Å²) in [5.41, 5.74) is 1.23. The van der Waals surface area contributed by atoms with Gasteiger partial charge in [0.1, 0.15) is 0 Å². The van der Waals surface area contributed by atoms with Crippen LogP contribution in [0.25, 0.3) is 6.08 Å². The van der Waals surface area contributed by atoms with Crippen LogP contribution in [-0.2, 0) is 4.79 Å². The maximum absolute atomic E-state index is 12.7. The van der Waals surface area contributed by atoms with Gasteiger partial charge < -0.3 is 4.90 Å². The minimum absolute atomic E-state index is 0.0728. The highest BCUT2D eigenvalue weighted by Crippen LogP contribution is 2.59. The second-order valence-electron chi connectivity index (χ2n) is 6.97. The number of carbonyl (C=O) groups is 1. The third kappa shape index (κ3) is 2.38. The van der Waals surface area contributed by atoms with Crippen molar-refractivity contribution in [2.75, 3.05) is 0 Å². The van der Waals surface area contributed by atoms with E-state index in [-0.39, 0.29) is 5.78 Å². The molecule has 0 amide bonds. The van der Waals surface area contributed by atoms with Crippen molar-refractivity contribution in [3.63, 3.8) is 0 Å². The molecule has 1 fully saturated rings. The Morgan fingerprint density at radius 2 is 1.78 bits per heavy atom. The first kappa shape index (κ1) is 17.3. The summed E-state index contributed by atoms with van der Waals surface area (Å²) in [6, 6.07) is 18.3. The highest BCUT2D eigenvalue weighted by atomic mass is 35.5. The van der Waals surface area contributed by atoms with E-state index >= 15 is 0 Å². The van der Waals surface area contributed by atoms with Crippen molar-refractivity contribution < 1.29 is 4.79 Å². The third-order valence-corrected chi connectivity index (χ3v) is 5.84. The van der Waals surface area contributed by atoms with Gasteiger partial charge in [-0.15, -0.1) is 0 Å². The zero-order valence-corrected chi connectivity index (χ0v) is 15.4. The Hall–Kier alpha value is -3.08. The number of Topliss-reactive ketones (excluding diaryl/α,β-unsaturated/α-hetero) is 1. The molecule has 1 saturated heterocycles. The van der Waals surface area contributed by atoms with Gasteiger partial charge >= 0.3 is 0 Å². The monoisotopic (exact) mass is 373 g/mol. The van der Waals surface area contributed by atoms with Gasteiger partial charge in [-0.05, 0) is 41.8 Å². The van der Waals surface area contributed by atoms with Crippen LogP contribution in [0.2, 0.25) is 5.02 Å². The van der Waals surface area contributed by atoms with Crippen LogP contribution in [0.4, 0.5) is 0 Å². The van der Waals surface area contributed by atoms with Crippen LogP contribution in [0, 0.1) is 28.1 Å². The normalized spacial score (nSPS) is 24.4. The fraction of sp³-hybridized carbons (Fsp3) is 0.227. The SMILES string of the molecule is CC(=O)C1C(c2ccc(Cl)cc2)C(C#N)(C#N)C2c3ccccc3C=CN12. The van der Waals surface area contributed by atoms with E-state index in [0.29, 0.717) is 5.02 Å². The Morgan fingerprint density at radius 3 is 2.41 bits per heavy atom. The Morgan fingerprint density at radius 1 is 1.11 bits per heavy atom. The number of fused-ring (bicyclic) bond motifs is 3. The van der Waals surface area contributed by atoms with Gasteiger partial charge in [0.15, 0.2) is 11.2 Å². The lowest BCUT2D eigenvalue weighted by Gasteiger charge is -2.34. The summed E-state index contributed by atoms with van der Waals surface area (Å²) in [5.74, 6) is -0.653. The molecule has 5 heteroatoms. The average molecular weight is 374 g/mol. The minimum Gasteiger partial charge on any atom is -0.357 e. The minimum atomic E-state index is -1.40. The lowest BCUT2D eigenvalue weighted by Crippen LogP contribution is -2.36. The Bertz CT molecular complexity index is 1010. The molecular formula is C22H16ClN3O. The lowest BCUT2D eigenvalue weighted by atomic mass is 9.68. The van der Waals surface area contributed by atoms with E-state index in [9.17, 15) is 15.3 Å². The molecule has 2 aliphatic heterocycles. The van der Waals surface area contributed by atoms with Gasteiger partial charge in [0.2, 0.25) is 0 Å². The summed E-state index contributed by atoms with van der Waals surface area (Å²) >= 11 is 6.03. The van der Waals surface area contributed by atoms with Gasteiger partial charge in [0.05, 0.1) is 24.2 Å². The first-order valence-corrected chi connectivity index (χ1v) is 9.04. The second-order valence-corrected chi connectivity index (χ2v) is 7.41. The zero-order chi connectivity index (χ0) is 19.2. The molecule has 3 atom stereocenters. The van der Waals surface area contributed by atoms with E-state index in [1.807, 2.05) is 41.4 Å². The van der Waals surface area contributed by atoms with Crippen molar-refractivity contribution >= 4 is 23.5 Å². The molecule has 2 aliphatic rings. The fourth-order valence-electron chi connectivity index (χ4n) is 4.50. The second kappa shape index (κ2) is 6.27. The lowest BCUT2D eigenvalue weighted by molar-refractivity contribution is -0.121. The smallest absolute Gasteiger partial charge is 0.177 e. The molecule has 0 N–H and O–H groups in total. The van der Waals surface area contributed by atoms with Crippen LogP contribution in [0.1, 0.15) is 35.6 Å². The van der Waals surface area contributed by atoms with Crippen LogP contribution in [0.5, 0.6) is 0 Å². The Labute approximate surface area is 162 Å². The molecule has 0 bridgehead atoms. The quantitative estimate of drug-likeness (QED) is 0.779. The Kier molecular flexibility index (Phi) is 4.02. The van der Waals surface area contributed by atoms with Crippen LogP contribution >= 0.6 is 11.6 Å². The number of nitriles is 2. The topological polar surface area (TPSA) is 67.9 Å². The molecular weight excluding hydrogens is 358 g/mol. The van der Waals surface area contributed by atoms with Crippen LogP contribution in [0.15, 0.2) is 54.7 Å². The number of rotatable bonds is 2. The predicted molar refractivity (Wildman–Crippen MR) is 102 cm³/mol. The van der Waals surface area contributed by atoms with E-state index < -0.39 is 23.4 Å². The fourth-order valence-corrected chi connectivity index (χ4v) is 4.62. The molecule has 2 heterocycles. The molecule has 0 saturated carbocycles. The molecule has 0 spiro atoms. The van der Waals surface area contributed by atoms with Gasteiger partial charge in [0.25, 0.3) is 0 Å². The number of benzene rings is 2. The zero-order valence-electron chi connectivity index (χ0n) is 14.6. The molecule has 3 unspecified atom stereocenters. The summed E-state index contributed by atoms with van der Waals surface area (Å²) in [4.78, 5) is 14.5. The number of carbonyl (C=O) groups excluding carboxylic acids is 1. The van der Waals surface area contributed by atoms with Crippen molar-refractivity contribution in [2.45, 2.75) is 24.9 Å². The summed E-state index contributed by atoms with van der Waals surface area (Å²) in [7, 11) is 0. The molecule has 132 valence electrons. The number of halogens is 1. The number of hydrogen-bond donors (Lipinski definition) is 0. The Balaban J connectivity index is 2.00.